The summed E-state index contributed by atoms with van der Waals surface area (Å²) in [5, 5.41) is 10.0. The Morgan fingerprint density at radius 2 is 1.55 bits per heavy atom. The van der Waals surface area contributed by atoms with Gasteiger partial charge in [-0.25, -0.2) is 0 Å². The Morgan fingerprint density at radius 1 is 1.05 bits per heavy atom. The van der Waals surface area contributed by atoms with Crippen LogP contribution in [-0.4, -0.2) is 55.9 Å². The lowest BCUT2D eigenvalue weighted by Crippen LogP contribution is -3.17. The van der Waals surface area contributed by atoms with Gasteiger partial charge in [0.25, 0.3) is 0 Å². The van der Waals surface area contributed by atoms with Gasteiger partial charge >= 0.3 is 0 Å². The van der Waals surface area contributed by atoms with Crippen LogP contribution in [0.4, 0.5) is 0 Å². The topological polar surface area (TPSA) is 64.9 Å². The normalized spacial score (nSPS) is 24.8. The first-order valence-electron chi connectivity index (χ1n) is 7.54. The summed E-state index contributed by atoms with van der Waals surface area (Å²) in [6, 6.07) is 0. The quantitative estimate of drug-likeness (QED) is 0.698. The minimum atomic E-state index is -1.16. The predicted octanol–water partition coefficient (Wildman–Crippen LogP) is -1.28. The van der Waals surface area contributed by atoms with E-state index < -0.39 is 5.97 Å². The number of aliphatic carboxylic acids is 1. The molecule has 0 aromatic heterocycles. The monoisotopic (exact) mass is 284 g/mol. The summed E-state index contributed by atoms with van der Waals surface area (Å²) in [5.74, 6) is -1.16. The predicted molar refractivity (Wildman–Crippen MR) is 75.3 cm³/mol. The van der Waals surface area contributed by atoms with Crippen LogP contribution in [0, 0.1) is 5.41 Å². The van der Waals surface area contributed by atoms with E-state index in [1.165, 1.54) is 39.3 Å². The molecule has 116 valence electrons. The molecule has 0 radical (unpaired) electrons. The average molecular weight is 284 g/mol. The number of piperazine rings is 3. The summed E-state index contributed by atoms with van der Waals surface area (Å²) in [7, 11) is 0. The van der Waals surface area contributed by atoms with E-state index in [1.807, 2.05) is 25.7 Å². The Balaban J connectivity index is 0.000000212. The maximum Gasteiger partial charge on any atom is 0.133 e. The zero-order valence-corrected chi connectivity index (χ0v) is 13.0. The highest BCUT2D eigenvalue weighted by Crippen LogP contribution is 2.19. The van der Waals surface area contributed by atoms with Crippen molar-refractivity contribution < 1.29 is 19.6 Å². The fourth-order valence-corrected chi connectivity index (χ4v) is 2.58. The first-order chi connectivity index (χ1) is 9.26. The number of carbonyl (C=O) groups is 2. The molecule has 0 aromatic carbocycles. The molecule has 0 saturated carbocycles. The standard InChI is InChI=1S/C9H16O3.C6H12N2/c1-9(2,3)6-7(10)4-5-8(11)12;1-2-8-5-3-7(1)4-6-8/h4-6H2,1-3H3,(H,11,12);1-6H2. The van der Waals surface area contributed by atoms with Gasteiger partial charge < -0.3 is 14.8 Å². The number of nitrogens with one attached hydrogen (secondary N) is 1. The fourth-order valence-electron chi connectivity index (χ4n) is 2.58. The van der Waals surface area contributed by atoms with E-state index in [-0.39, 0.29) is 24.0 Å². The van der Waals surface area contributed by atoms with Gasteiger partial charge in [-0.15, -0.1) is 0 Å². The van der Waals surface area contributed by atoms with E-state index in [0.717, 1.165) is 0 Å². The SMILES string of the molecule is C1C[NH+]2CCN1CC2.CC(C)(C)CC(=O)CCC(=O)[O-]. The molecule has 5 heteroatoms. The smallest absolute Gasteiger partial charge is 0.133 e. The Hall–Kier alpha value is -0.940. The van der Waals surface area contributed by atoms with Crippen LogP contribution in [0.1, 0.15) is 40.0 Å². The summed E-state index contributed by atoms with van der Waals surface area (Å²) < 4.78 is 0. The number of rotatable bonds is 4. The highest BCUT2D eigenvalue weighted by atomic mass is 16.4. The van der Waals surface area contributed by atoms with Gasteiger partial charge in [-0.2, -0.15) is 0 Å². The second-order valence-corrected chi connectivity index (χ2v) is 6.99. The van der Waals surface area contributed by atoms with Gasteiger partial charge in [0.2, 0.25) is 0 Å². The molecular weight excluding hydrogens is 256 g/mol. The summed E-state index contributed by atoms with van der Waals surface area (Å²) >= 11 is 0. The number of Topliss-reactive ketones (excluding diaryl/α,β-unsaturated/α-hetero) is 1. The van der Waals surface area contributed by atoms with E-state index >= 15 is 0 Å². The molecule has 1 N–H and O–H groups in total. The van der Waals surface area contributed by atoms with Gasteiger partial charge in [0.05, 0.1) is 19.6 Å². The van der Waals surface area contributed by atoms with Crippen LogP contribution < -0.4 is 10.0 Å². The lowest BCUT2D eigenvalue weighted by atomic mass is 9.89. The van der Waals surface area contributed by atoms with Gasteiger partial charge in [0.15, 0.2) is 0 Å². The minimum absolute atomic E-state index is 0.00769. The van der Waals surface area contributed by atoms with E-state index in [4.69, 9.17) is 0 Å². The molecule has 0 spiro atoms. The van der Waals surface area contributed by atoms with Gasteiger partial charge in [0, 0.05) is 38.4 Å². The maximum absolute atomic E-state index is 11.1. The largest absolute Gasteiger partial charge is 0.550 e. The van der Waals surface area contributed by atoms with Crippen LogP contribution >= 0.6 is 0 Å². The van der Waals surface area contributed by atoms with Crippen LogP contribution in [-0.2, 0) is 9.59 Å². The number of ketones is 1. The zero-order valence-electron chi connectivity index (χ0n) is 13.0. The fraction of sp³-hybridized carbons (Fsp3) is 0.867. The van der Waals surface area contributed by atoms with Crippen molar-refractivity contribution in [1.29, 1.82) is 0 Å². The molecule has 0 atom stereocenters. The first-order valence-corrected chi connectivity index (χ1v) is 7.54. The molecular formula is C15H28N2O3. The van der Waals surface area contributed by atoms with Crippen LogP contribution in [0.25, 0.3) is 0 Å². The molecule has 3 rings (SSSR count). The molecule has 3 fully saturated rings. The maximum atomic E-state index is 11.1. The molecule has 20 heavy (non-hydrogen) atoms. The summed E-state index contributed by atoms with van der Waals surface area (Å²) in [6.07, 6.45) is 0.370. The third-order valence-corrected chi connectivity index (χ3v) is 3.68. The zero-order chi connectivity index (χ0) is 15.2. The van der Waals surface area contributed by atoms with Crippen molar-refractivity contribution in [2.45, 2.75) is 40.0 Å². The molecule has 0 aromatic rings. The average Bonchev–Trinajstić information content (AvgIpc) is 2.37. The number of nitrogens with zero attached hydrogens (tertiary/aromatic N) is 1. The van der Waals surface area contributed by atoms with Crippen LogP contribution in [0.3, 0.4) is 0 Å². The van der Waals surface area contributed by atoms with E-state index in [1.54, 1.807) is 0 Å². The van der Waals surface area contributed by atoms with Crippen molar-refractivity contribution in [2.75, 3.05) is 39.3 Å². The second kappa shape index (κ2) is 7.74. The highest BCUT2D eigenvalue weighted by molar-refractivity contribution is 5.82. The Bertz CT molecular complexity index is 305. The Morgan fingerprint density at radius 3 is 1.80 bits per heavy atom. The number of hydrogen-bond donors (Lipinski definition) is 1. The Kier molecular flexibility index (Phi) is 6.62. The Labute approximate surface area is 121 Å². The number of carboxylic acid groups (broad SMARTS) is 1. The molecule has 3 heterocycles. The minimum Gasteiger partial charge on any atom is -0.550 e. The van der Waals surface area contributed by atoms with Gasteiger partial charge in [0.1, 0.15) is 5.78 Å². The molecule has 3 aliphatic rings. The summed E-state index contributed by atoms with van der Waals surface area (Å²) in [4.78, 5) is 25.5. The molecule has 0 aliphatic carbocycles. The van der Waals surface area contributed by atoms with Gasteiger partial charge in [-0.3, -0.25) is 9.69 Å². The molecule has 0 amide bonds. The van der Waals surface area contributed by atoms with Crippen molar-refractivity contribution >= 4 is 11.8 Å². The summed E-state index contributed by atoms with van der Waals surface area (Å²) in [5.41, 5.74) is -0.0526. The van der Waals surface area contributed by atoms with E-state index in [9.17, 15) is 14.7 Å². The highest BCUT2D eigenvalue weighted by Gasteiger charge is 2.25. The summed E-state index contributed by atoms with van der Waals surface area (Å²) in [6.45, 7) is 14.1. The van der Waals surface area contributed by atoms with Crippen LogP contribution in [0.5, 0.6) is 0 Å². The second-order valence-electron chi connectivity index (χ2n) is 6.99. The van der Waals surface area contributed by atoms with E-state index in [2.05, 4.69) is 4.90 Å². The van der Waals surface area contributed by atoms with Crippen LogP contribution in [0.2, 0.25) is 0 Å². The number of hydrogen-bond acceptors (Lipinski definition) is 4. The molecule has 5 nitrogen and oxygen atoms in total. The number of quaternary nitrogens is 1. The van der Waals surface area contributed by atoms with Crippen molar-refractivity contribution in [3.63, 3.8) is 0 Å². The van der Waals surface area contributed by atoms with Crippen molar-refractivity contribution in [1.82, 2.24) is 4.90 Å². The number of fused-ring (bicyclic) bond motifs is 3. The number of carbonyl (C=O) groups excluding carboxylic acids is 2. The first kappa shape index (κ1) is 17.1. The van der Waals surface area contributed by atoms with Gasteiger partial charge in [-0.05, 0) is 11.8 Å². The van der Waals surface area contributed by atoms with Crippen molar-refractivity contribution in [2.24, 2.45) is 5.41 Å². The third-order valence-electron chi connectivity index (χ3n) is 3.68. The van der Waals surface area contributed by atoms with Crippen molar-refractivity contribution in [3.8, 4) is 0 Å². The molecule has 3 aliphatic heterocycles. The molecule has 2 bridgehead atoms. The molecule has 0 unspecified atom stereocenters. The molecule has 3 saturated heterocycles. The lowest BCUT2D eigenvalue weighted by molar-refractivity contribution is -0.914. The number of carboxylic acids is 1. The van der Waals surface area contributed by atoms with Gasteiger partial charge in [-0.1, -0.05) is 20.8 Å². The van der Waals surface area contributed by atoms with Crippen LogP contribution in [0.15, 0.2) is 0 Å². The third kappa shape index (κ3) is 7.60. The lowest BCUT2D eigenvalue weighted by Gasteiger charge is -2.38. The van der Waals surface area contributed by atoms with Crippen molar-refractivity contribution in [3.05, 3.63) is 0 Å². The van der Waals surface area contributed by atoms with E-state index in [0.29, 0.717) is 6.42 Å².